The molecule has 0 radical (unpaired) electrons. The lowest BCUT2D eigenvalue weighted by molar-refractivity contribution is -0.134. The number of hydrogen-bond acceptors (Lipinski definition) is 6. The number of hydrogen-bond donors (Lipinski definition) is 2. The van der Waals surface area contributed by atoms with E-state index >= 15 is 0 Å². The number of carbonyl (C=O) groups excluding carboxylic acids is 3. The molecule has 0 aliphatic carbocycles. The van der Waals surface area contributed by atoms with Gasteiger partial charge in [0.25, 0.3) is 5.24 Å². The second kappa shape index (κ2) is 8.85. The maximum absolute atomic E-state index is 11.3. The molecule has 1 fully saturated rings. The highest BCUT2D eigenvalue weighted by Crippen LogP contribution is 2.18. The van der Waals surface area contributed by atoms with Gasteiger partial charge in [0.15, 0.2) is 0 Å². The number of carboxylic acids is 1. The average molecular weight is 320 g/mol. The topological polar surface area (TPSA) is 104 Å². The summed E-state index contributed by atoms with van der Waals surface area (Å²) in [6.45, 7) is 0.837. The summed E-state index contributed by atoms with van der Waals surface area (Å²) in [5.74, 6) is -1.07. The van der Waals surface area contributed by atoms with Crippen LogP contribution < -0.4 is 5.32 Å². The van der Waals surface area contributed by atoms with Gasteiger partial charge < -0.3 is 10.4 Å². The van der Waals surface area contributed by atoms with Gasteiger partial charge in [0.1, 0.15) is 0 Å². The first-order chi connectivity index (χ1) is 9.50. The van der Waals surface area contributed by atoms with E-state index in [0.29, 0.717) is 25.9 Å². The first kappa shape index (κ1) is 16.8. The van der Waals surface area contributed by atoms with Gasteiger partial charge in [-0.2, -0.15) is 0 Å². The summed E-state index contributed by atoms with van der Waals surface area (Å²) in [4.78, 5) is 45.3. The van der Waals surface area contributed by atoms with Gasteiger partial charge >= 0.3 is 5.97 Å². The molecule has 112 valence electrons. The second-order valence-electron chi connectivity index (χ2n) is 4.04. The Balaban J connectivity index is 2.01. The molecule has 20 heavy (non-hydrogen) atoms. The number of amides is 3. The Labute approximate surface area is 124 Å². The van der Waals surface area contributed by atoms with E-state index in [-0.39, 0.29) is 34.3 Å². The zero-order valence-electron chi connectivity index (χ0n) is 10.8. The maximum atomic E-state index is 11.3. The predicted octanol–water partition coefficient (Wildman–Crippen LogP) is 0.396. The number of nitrogens with one attached hydrogen (secondary N) is 1. The molecule has 3 amide bonds. The molecule has 0 atom stereocenters. The predicted molar refractivity (Wildman–Crippen MR) is 76.8 cm³/mol. The molecular weight excluding hydrogens is 304 g/mol. The first-order valence-corrected chi connectivity index (χ1v) is 8.18. The molecule has 1 aliphatic heterocycles. The summed E-state index contributed by atoms with van der Waals surface area (Å²) in [5, 5.41) is 10.9. The van der Waals surface area contributed by atoms with E-state index in [1.807, 2.05) is 0 Å². The van der Waals surface area contributed by atoms with Gasteiger partial charge in [0.2, 0.25) is 11.8 Å². The summed E-state index contributed by atoms with van der Waals surface area (Å²) in [6.07, 6.45) is 1.30. The van der Waals surface area contributed by atoms with Crippen LogP contribution >= 0.6 is 23.5 Å². The van der Waals surface area contributed by atoms with Crippen LogP contribution in [0.5, 0.6) is 0 Å². The fourth-order valence-electron chi connectivity index (χ4n) is 1.50. The highest BCUT2D eigenvalue weighted by Gasteiger charge is 2.28. The summed E-state index contributed by atoms with van der Waals surface area (Å²) in [5.41, 5.74) is 0. The maximum Gasteiger partial charge on any atom is 0.313 e. The van der Waals surface area contributed by atoms with Crippen LogP contribution in [0, 0.1) is 0 Å². The van der Waals surface area contributed by atoms with Crippen molar-refractivity contribution in [3.63, 3.8) is 0 Å². The molecule has 0 aromatic carbocycles. The Kier molecular flexibility index (Phi) is 7.45. The fourth-order valence-corrected chi connectivity index (χ4v) is 2.82. The van der Waals surface area contributed by atoms with E-state index in [2.05, 4.69) is 5.32 Å². The molecule has 1 aliphatic rings. The minimum absolute atomic E-state index is 0.0930. The van der Waals surface area contributed by atoms with E-state index in [9.17, 15) is 19.2 Å². The van der Waals surface area contributed by atoms with Gasteiger partial charge in [-0.15, -0.1) is 11.8 Å². The van der Waals surface area contributed by atoms with Gasteiger partial charge in [-0.25, -0.2) is 0 Å². The van der Waals surface area contributed by atoms with Crippen molar-refractivity contribution in [1.29, 1.82) is 0 Å². The van der Waals surface area contributed by atoms with Gasteiger partial charge in [0, 0.05) is 13.1 Å². The third kappa shape index (κ3) is 6.29. The molecule has 0 aromatic rings. The number of rotatable bonds is 9. The van der Waals surface area contributed by atoms with E-state index in [0.717, 1.165) is 23.5 Å². The van der Waals surface area contributed by atoms with Crippen LogP contribution in [0.15, 0.2) is 0 Å². The fraction of sp³-hybridized carbons (Fsp3) is 0.636. The van der Waals surface area contributed by atoms with Crippen LogP contribution in [-0.4, -0.2) is 63.4 Å². The minimum atomic E-state index is -0.944. The lowest BCUT2D eigenvalue weighted by Gasteiger charge is -2.12. The van der Waals surface area contributed by atoms with Crippen LogP contribution in [0.2, 0.25) is 0 Å². The van der Waals surface area contributed by atoms with Crippen molar-refractivity contribution in [1.82, 2.24) is 10.2 Å². The van der Waals surface area contributed by atoms with Crippen LogP contribution in [0.3, 0.4) is 0 Å². The van der Waals surface area contributed by atoms with Gasteiger partial charge in [-0.1, -0.05) is 11.8 Å². The third-order valence-electron chi connectivity index (χ3n) is 2.43. The zero-order chi connectivity index (χ0) is 15.0. The molecular formula is C11H16N2O5S2. The normalized spacial score (nSPS) is 14.7. The lowest BCUT2D eigenvalue weighted by atomic mass is 10.3. The molecule has 9 heteroatoms. The summed E-state index contributed by atoms with van der Waals surface area (Å²) < 4.78 is 0. The molecule has 0 spiro atoms. The molecule has 1 saturated heterocycles. The average Bonchev–Trinajstić information content (AvgIpc) is 2.69. The molecule has 0 saturated carbocycles. The summed E-state index contributed by atoms with van der Waals surface area (Å²) in [7, 11) is 0. The zero-order valence-corrected chi connectivity index (χ0v) is 12.4. The highest BCUT2D eigenvalue weighted by molar-refractivity contribution is 8.14. The molecule has 7 nitrogen and oxygen atoms in total. The van der Waals surface area contributed by atoms with E-state index in [1.54, 1.807) is 0 Å². The Hall–Kier alpha value is -1.22. The Morgan fingerprint density at radius 3 is 2.65 bits per heavy atom. The smallest absolute Gasteiger partial charge is 0.313 e. The number of nitrogens with zero attached hydrogens (tertiary/aromatic N) is 1. The van der Waals surface area contributed by atoms with E-state index in [1.165, 1.54) is 4.90 Å². The van der Waals surface area contributed by atoms with Crippen molar-refractivity contribution in [3.8, 4) is 0 Å². The van der Waals surface area contributed by atoms with Crippen LogP contribution in [0.1, 0.15) is 12.8 Å². The number of carboxylic acid groups (broad SMARTS) is 1. The van der Waals surface area contributed by atoms with Crippen molar-refractivity contribution >= 4 is 46.5 Å². The number of carbonyl (C=O) groups is 4. The number of aliphatic carboxylic acids is 1. The minimum Gasteiger partial charge on any atom is -0.481 e. The quantitative estimate of drug-likeness (QED) is 0.592. The van der Waals surface area contributed by atoms with Gasteiger partial charge in [-0.05, 0) is 12.8 Å². The molecule has 1 rings (SSSR count). The van der Waals surface area contributed by atoms with Crippen molar-refractivity contribution < 1.29 is 24.3 Å². The Morgan fingerprint density at radius 2 is 2.05 bits per heavy atom. The van der Waals surface area contributed by atoms with Gasteiger partial charge in [0.05, 0.1) is 17.3 Å². The summed E-state index contributed by atoms with van der Waals surface area (Å²) in [6, 6.07) is 0. The van der Waals surface area contributed by atoms with Gasteiger partial charge in [-0.3, -0.25) is 24.1 Å². The Bertz CT molecular complexity index is 386. The van der Waals surface area contributed by atoms with Crippen molar-refractivity contribution in [2.45, 2.75) is 12.8 Å². The van der Waals surface area contributed by atoms with E-state index < -0.39 is 5.97 Å². The second-order valence-corrected chi connectivity index (χ2v) is 5.96. The molecule has 0 aromatic heterocycles. The number of thioether (sulfide) groups is 2. The third-order valence-corrected chi connectivity index (χ3v) is 4.21. The monoisotopic (exact) mass is 320 g/mol. The summed E-state index contributed by atoms with van der Waals surface area (Å²) >= 11 is 2.05. The standard InChI is InChI=1S/C11H16N2O5S2/c14-8(5-19-7-10(16)17)12-3-1-2-4-13-9(15)6-20-11(13)18/h1-7H2,(H,12,14)(H,16,17). The van der Waals surface area contributed by atoms with Crippen LogP contribution in [0.4, 0.5) is 4.79 Å². The Morgan fingerprint density at radius 1 is 1.30 bits per heavy atom. The number of unbranched alkanes of at least 4 members (excludes halogenated alkanes) is 1. The SMILES string of the molecule is O=C(O)CSCC(=O)NCCCCN1C(=O)CSC1=O. The van der Waals surface area contributed by atoms with Crippen LogP contribution in [-0.2, 0) is 14.4 Å². The molecule has 0 unspecified atom stereocenters. The molecule has 2 N–H and O–H groups in total. The number of imide groups is 1. The highest BCUT2D eigenvalue weighted by atomic mass is 32.2. The van der Waals surface area contributed by atoms with Crippen molar-refractivity contribution in [3.05, 3.63) is 0 Å². The van der Waals surface area contributed by atoms with Crippen molar-refractivity contribution in [2.24, 2.45) is 0 Å². The lowest BCUT2D eigenvalue weighted by Crippen LogP contribution is -2.31. The molecule has 0 bridgehead atoms. The van der Waals surface area contributed by atoms with Crippen molar-refractivity contribution in [2.75, 3.05) is 30.3 Å². The first-order valence-electron chi connectivity index (χ1n) is 6.04. The molecule has 1 heterocycles. The van der Waals surface area contributed by atoms with E-state index in [4.69, 9.17) is 5.11 Å². The van der Waals surface area contributed by atoms with Crippen LogP contribution in [0.25, 0.3) is 0 Å². The largest absolute Gasteiger partial charge is 0.481 e.